The normalized spacial score (nSPS) is 25.8. The van der Waals surface area contributed by atoms with Crippen molar-refractivity contribution in [3.63, 3.8) is 0 Å². The van der Waals surface area contributed by atoms with Crippen LogP contribution in [-0.2, 0) is 26.2 Å². The lowest BCUT2D eigenvalue weighted by Gasteiger charge is -2.42. The maximum Gasteiger partial charge on any atom is 0.317 e. The van der Waals surface area contributed by atoms with Crippen LogP contribution >= 0.6 is 0 Å². The second-order valence-corrected chi connectivity index (χ2v) is 7.68. The number of rotatable bonds is 5. The van der Waals surface area contributed by atoms with Gasteiger partial charge >= 0.3 is 5.97 Å². The molecule has 1 aliphatic heterocycles. The van der Waals surface area contributed by atoms with Gasteiger partial charge in [-0.25, -0.2) is 0 Å². The van der Waals surface area contributed by atoms with Gasteiger partial charge in [0.15, 0.2) is 0 Å². The molecule has 0 aromatic heterocycles. The Morgan fingerprint density at radius 1 is 1.38 bits per heavy atom. The summed E-state index contributed by atoms with van der Waals surface area (Å²) in [5, 5.41) is 8.90. The molecule has 0 saturated carbocycles. The summed E-state index contributed by atoms with van der Waals surface area (Å²) >= 11 is 0. The minimum Gasteiger partial charge on any atom is -0.480 e. The van der Waals surface area contributed by atoms with E-state index in [1.807, 2.05) is 17.0 Å². The Morgan fingerprint density at radius 2 is 2.15 bits per heavy atom. The smallest absolute Gasteiger partial charge is 0.317 e. The second-order valence-electron chi connectivity index (χ2n) is 7.68. The van der Waals surface area contributed by atoms with Crippen molar-refractivity contribution in [3.8, 4) is 0 Å². The lowest BCUT2D eigenvalue weighted by Crippen LogP contribution is -2.54. The molecule has 26 heavy (non-hydrogen) atoms. The number of carboxylic acids is 1. The number of carbonyl (C=O) groups excluding carboxylic acids is 1. The first kappa shape index (κ1) is 18.9. The minimum atomic E-state index is -0.859. The number of carboxylic acid groups (broad SMARTS) is 1. The molecule has 2 atom stereocenters. The number of hydrogen-bond acceptors (Lipinski definition) is 4. The molecule has 1 N–H and O–H groups in total. The minimum absolute atomic E-state index is 0.0289. The fourth-order valence-electron chi connectivity index (χ4n) is 4.27. The third-order valence-electron chi connectivity index (χ3n) is 5.55. The molecule has 1 heterocycles. The molecule has 6 nitrogen and oxygen atoms in total. The van der Waals surface area contributed by atoms with Gasteiger partial charge in [-0.05, 0) is 44.4 Å². The van der Waals surface area contributed by atoms with E-state index in [1.54, 1.807) is 11.9 Å². The van der Waals surface area contributed by atoms with Gasteiger partial charge in [0, 0.05) is 19.6 Å². The summed E-state index contributed by atoms with van der Waals surface area (Å²) in [6.45, 7) is 4.14. The fraction of sp³-hybridized carbons (Fsp3) is 0.600. The van der Waals surface area contributed by atoms with E-state index in [0.29, 0.717) is 26.2 Å². The Labute approximate surface area is 154 Å². The van der Waals surface area contributed by atoms with Crippen molar-refractivity contribution < 1.29 is 19.4 Å². The lowest BCUT2D eigenvalue weighted by molar-refractivity contribution is -0.147. The van der Waals surface area contributed by atoms with Crippen LogP contribution in [-0.4, -0.2) is 72.7 Å². The number of ether oxygens (including phenoxy) is 1. The van der Waals surface area contributed by atoms with Crippen molar-refractivity contribution in [1.82, 2.24) is 9.80 Å². The zero-order valence-corrected chi connectivity index (χ0v) is 15.6. The van der Waals surface area contributed by atoms with Crippen LogP contribution in [0, 0.1) is 0 Å². The number of fused-ring (bicyclic) bond motifs is 1. The van der Waals surface area contributed by atoms with E-state index in [1.165, 1.54) is 5.56 Å². The molecule has 0 bridgehead atoms. The topological polar surface area (TPSA) is 70.1 Å². The zero-order chi connectivity index (χ0) is 18.7. The van der Waals surface area contributed by atoms with Crippen molar-refractivity contribution in [2.24, 2.45) is 0 Å². The molecule has 1 aromatic rings. The van der Waals surface area contributed by atoms with Crippen molar-refractivity contribution in [2.45, 2.75) is 37.7 Å². The van der Waals surface area contributed by atoms with Crippen LogP contribution in [0.1, 0.15) is 30.9 Å². The molecular weight excluding hydrogens is 332 g/mol. The predicted molar refractivity (Wildman–Crippen MR) is 98.2 cm³/mol. The highest BCUT2D eigenvalue weighted by atomic mass is 16.5. The van der Waals surface area contributed by atoms with Gasteiger partial charge in [-0.3, -0.25) is 14.5 Å². The number of aliphatic carboxylic acids is 1. The third-order valence-corrected chi connectivity index (χ3v) is 5.55. The summed E-state index contributed by atoms with van der Waals surface area (Å²) in [5.74, 6) is -0.693. The van der Waals surface area contributed by atoms with Gasteiger partial charge in [-0.1, -0.05) is 24.3 Å². The van der Waals surface area contributed by atoms with Gasteiger partial charge in [0.05, 0.1) is 24.7 Å². The standard InChI is InChI=1S/C20H28N2O4/c1-20(9-5-7-15-6-3-4-8-17(15)20)19(25)22-10-11-26-16(13-22)12-21(2)14-18(23)24/h3-4,6,8,16H,5,7,9-14H2,1-2H3,(H,23,24). The summed E-state index contributed by atoms with van der Waals surface area (Å²) in [7, 11) is 1.76. The highest BCUT2D eigenvalue weighted by Gasteiger charge is 2.42. The Balaban J connectivity index is 1.71. The van der Waals surface area contributed by atoms with E-state index in [2.05, 4.69) is 19.1 Å². The molecule has 1 aliphatic carbocycles. The van der Waals surface area contributed by atoms with E-state index in [0.717, 1.165) is 24.8 Å². The number of benzene rings is 1. The van der Waals surface area contributed by atoms with E-state index in [-0.39, 0.29) is 18.6 Å². The number of morpholine rings is 1. The third kappa shape index (κ3) is 3.91. The van der Waals surface area contributed by atoms with Crippen LogP contribution in [0.4, 0.5) is 0 Å². The van der Waals surface area contributed by atoms with Crippen LogP contribution in [0.5, 0.6) is 0 Å². The number of likely N-dealkylation sites (N-methyl/N-ethyl adjacent to an activating group) is 1. The number of amides is 1. The Bertz CT molecular complexity index is 678. The van der Waals surface area contributed by atoms with Gasteiger partial charge in [0.1, 0.15) is 0 Å². The highest BCUT2D eigenvalue weighted by molar-refractivity contribution is 5.88. The molecule has 142 valence electrons. The molecule has 3 rings (SSSR count). The summed E-state index contributed by atoms with van der Waals surface area (Å²) < 4.78 is 5.77. The second kappa shape index (κ2) is 7.76. The molecule has 0 radical (unpaired) electrons. The van der Waals surface area contributed by atoms with Crippen molar-refractivity contribution >= 4 is 11.9 Å². The number of carbonyl (C=O) groups is 2. The van der Waals surface area contributed by atoms with E-state index in [9.17, 15) is 9.59 Å². The number of aryl methyl sites for hydroxylation is 1. The van der Waals surface area contributed by atoms with Gasteiger partial charge < -0.3 is 14.7 Å². The zero-order valence-electron chi connectivity index (χ0n) is 15.6. The molecule has 1 fully saturated rings. The Morgan fingerprint density at radius 3 is 2.92 bits per heavy atom. The van der Waals surface area contributed by atoms with Crippen LogP contribution in [0.2, 0.25) is 0 Å². The van der Waals surface area contributed by atoms with Crippen LogP contribution in [0.15, 0.2) is 24.3 Å². The molecule has 2 unspecified atom stereocenters. The molecule has 0 spiro atoms. The molecule has 1 amide bonds. The van der Waals surface area contributed by atoms with Gasteiger partial charge in [0.2, 0.25) is 5.91 Å². The summed E-state index contributed by atoms with van der Waals surface area (Å²) in [6, 6.07) is 8.27. The van der Waals surface area contributed by atoms with Gasteiger partial charge in [0.25, 0.3) is 0 Å². The highest BCUT2D eigenvalue weighted by Crippen LogP contribution is 2.38. The average molecular weight is 360 g/mol. The van der Waals surface area contributed by atoms with E-state index in [4.69, 9.17) is 9.84 Å². The molecule has 6 heteroatoms. The van der Waals surface area contributed by atoms with E-state index < -0.39 is 11.4 Å². The first-order chi connectivity index (χ1) is 12.4. The van der Waals surface area contributed by atoms with Crippen molar-refractivity contribution in [1.29, 1.82) is 0 Å². The monoisotopic (exact) mass is 360 g/mol. The van der Waals surface area contributed by atoms with Gasteiger partial charge in [-0.15, -0.1) is 0 Å². The maximum absolute atomic E-state index is 13.4. The van der Waals surface area contributed by atoms with Crippen LogP contribution < -0.4 is 0 Å². The van der Waals surface area contributed by atoms with Crippen LogP contribution in [0.25, 0.3) is 0 Å². The fourth-order valence-corrected chi connectivity index (χ4v) is 4.27. The number of hydrogen-bond donors (Lipinski definition) is 1. The summed E-state index contributed by atoms with van der Waals surface area (Å²) in [6.07, 6.45) is 2.77. The predicted octanol–water partition coefficient (Wildman–Crippen LogP) is 1.52. The van der Waals surface area contributed by atoms with E-state index >= 15 is 0 Å². The van der Waals surface area contributed by atoms with Crippen molar-refractivity contribution in [2.75, 3.05) is 39.8 Å². The maximum atomic E-state index is 13.4. The Hall–Kier alpha value is -1.92. The largest absolute Gasteiger partial charge is 0.480 e. The summed E-state index contributed by atoms with van der Waals surface area (Å²) in [4.78, 5) is 27.9. The molecule has 2 aliphatic rings. The quantitative estimate of drug-likeness (QED) is 0.862. The van der Waals surface area contributed by atoms with Crippen LogP contribution in [0.3, 0.4) is 0 Å². The van der Waals surface area contributed by atoms with Crippen molar-refractivity contribution in [3.05, 3.63) is 35.4 Å². The first-order valence-corrected chi connectivity index (χ1v) is 9.30. The molecule has 1 saturated heterocycles. The Kier molecular flexibility index (Phi) is 5.63. The SMILES string of the molecule is CN(CC(=O)O)CC1CN(C(=O)C2(C)CCCc3ccccc32)CCO1. The van der Waals surface area contributed by atoms with Gasteiger partial charge in [-0.2, -0.15) is 0 Å². The number of nitrogens with zero attached hydrogens (tertiary/aromatic N) is 2. The first-order valence-electron chi connectivity index (χ1n) is 9.30. The lowest BCUT2D eigenvalue weighted by atomic mass is 9.70. The summed E-state index contributed by atoms with van der Waals surface area (Å²) in [5.41, 5.74) is 1.95. The molecule has 1 aromatic carbocycles. The molecular formula is C20H28N2O4. The average Bonchev–Trinajstić information content (AvgIpc) is 2.61.